The van der Waals surface area contributed by atoms with Crippen molar-refractivity contribution in [2.45, 2.75) is 38.9 Å². The number of rotatable bonds is 18. The highest BCUT2D eigenvalue weighted by atomic mass is 19.4. The minimum absolute atomic E-state index is 0.138. The Kier molecular flexibility index (Phi) is 28.6. The smallest absolute Gasteiger partial charge is 0.416 e. The van der Waals surface area contributed by atoms with Gasteiger partial charge in [0, 0.05) is 17.7 Å². The maximum absolute atomic E-state index is 13.7. The predicted molar refractivity (Wildman–Crippen MR) is 596 cm³/mol. The first-order valence-corrected chi connectivity index (χ1v) is 48.4. The molecule has 0 saturated heterocycles. The lowest BCUT2D eigenvalue weighted by Crippen LogP contribution is -2.34. The van der Waals surface area contributed by atoms with Gasteiger partial charge in [-0.15, -0.1) is 0 Å². The number of methoxy groups -OCH3 is 1. The number of halogens is 5. The molecule has 20 rings (SSSR count). The van der Waals surface area contributed by atoms with E-state index >= 15 is 0 Å². The van der Waals surface area contributed by atoms with Crippen LogP contribution in [-0.2, 0) is 22.9 Å². The predicted octanol–water partition coefficient (Wildman–Crippen LogP) is 34.5. The van der Waals surface area contributed by atoms with E-state index in [1.54, 1.807) is 24.3 Å². The number of fused-ring (bicyclic) bond motifs is 4. The molecule has 0 aliphatic carbocycles. The number of carbonyl (C=O) groups is 1. The minimum Gasteiger partial charge on any atom is -0.465 e. The van der Waals surface area contributed by atoms with Crippen molar-refractivity contribution in [1.29, 1.82) is 0 Å². The van der Waals surface area contributed by atoms with Crippen molar-refractivity contribution in [2.24, 2.45) is 0 Å². The van der Waals surface area contributed by atoms with E-state index in [1.807, 2.05) is 42.5 Å². The number of hydrogen-bond acceptors (Lipinski definition) is 2. The first-order valence-electron chi connectivity index (χ1n) is 48.4. The Hall–Kier alpha value is -15.6. The molecule has 712 valence electrons. The molecule has 20 aromatic rings. The first kappa shape index (κ1) is 99.0. The summed E-state index contributed by atoms with van der Waals surface area (Å²) in [7, 11) is 27.5. The van der Waals surface area contributed by atoms with Crippen molar-refractivity contribution >= 4 is 66.1 Å². The lowest BCUT2D eigenvalue weighted by Gasteiger charge is -2.25. The zero-order valence-electron chi connectivity index (χ0n) is 84.2. The number of esters is 1. The fourth-order valence-corrected chi connectivity index (χ4v) is 18.7. The summed E-state index contributed by atoms with van der Waals surface area (Å²) in [5, 5.41) is 9.56. The number of alkyl halides is 3. The van der Waals surface area contributed by atoms with Gasteiger partial charge in [0.1, 0.15) is 35.2 Å². The number of ether oxygens (including phenoxy) is 1. The van der Waals surface area contributed by atoms with Crippen molar-refractivity contribution in [3.63, 3.8) is 0 Å². The summed E-state index contributed by atoms with van der Waals surface area (Å²) >= 11 is 0. The van der Waals surface area contributed by atoms with E-state index in [0.29, 0.717) is 5.56 Å². The molecule has 0 atom stereocenters. The van der Waals surface area contributed by atoms with Gasteiger partial charge in [0.05, 0.1) is 103 Å². The zero-order valence-corrected chi connectivity index (χ0v) is 84.2. The lowest BCUT2D eigenvalue weighted by atomic mass is 9.86. The van der Waals surface area contributed by atoms with Crippen molar-refractivity contribution in [1.82, 2.24) is 13.4 Å². The zero-order chi connectivity index (χ0) is 101. The first-order chi connectivity index (χ1) is 68.3. The Bertz CT molecular complexity index is 7930. The largest absolute Gasteiger partial charge is 0.465 e. The summed E-state index contributed by atoms with van der Waals surface area (Å²) in [5.74, 6) is -0.842. The molecule has 0 bridgehead atoms. The summed E-state index contributed by atoms with van der Waals surface area (Å²) < 4.78 is 74.4. The molecule has 0 fully saturated rings. The Morgan fingerprint density at radius 3 is 0.965 bits per heavy atom. The normalized spacial score (nSPS) is 11.9. The monoisotopic (exact) mass is 1890 g/mol. The average molecular weight is 1890 g/mol. The Morgan fingerprint density at radius 2 is 0.538 bits per heavy atom. The molecule has 0 N–H and O–H groups in total. The Morgan fingerprint density at radius 1 is 0.245 bits per heavy atom. The van der Waals surface area contributed by atoms with Crippen molar-refractivity contribution in [2.75, 3.05) is 91.7 Å². The van der Waals surface area contributed by atoms with Gasteiger partial charge in [-0.05, 0) is 321 Å². The van der Waals surface area contributed by atoms with E-state index in [0.717, 1.165) is 136 Å². The SMILES string of the molecule is COC(=O)c1ccc(-c2ccc3c(-c4ccc(C(C)(C)C)cc4)cccc3c2)c(C[N+](C)(C)C)c1.C[N+](C)(C)c1ccc(-c2ccc3c(-c4ccc(-c5ccccc5)cc4)cccc3c2)cc1.C[N+](C)(C)c1cccc(-c2ccc3c(-c4cc(-c5ccc(F)cc5)cc(-c5ccc(F)cc5)c4)cccc3c2)c1.C[N+](C)(C)c1cccc(-c2ccc3c(-c4cccc(-c5ccc(C(F)(F)F)cc5)c4)cccc3c2)c1. The van der Waals surface area contributed by atoms with Crippen LogP contribution < -0.4 is 13.4 Å². The second kappa shape index (κ2) is 41.3. The Labute approximate surface area is 838 Å². The highest BCUT2D eigenvalue weighted by Gasteiger charge is 2.31. The average Bonchev–Trinajstić information content (AvgIpc) is 0.790. The number of hydrogen-bond donors (Lipinski definition) is 0. The van der Waals surface area contributed by atoms with Crippen LogP contribution in [-0.4, -0.2) is 102 Å². The number of carbonyl (C=O) groups excluding carboxylic acids is 1. The van der Waals surface area contributed by atoms with Crippen LogP contribution >= 0.6 is 0 Å². The third kappa shape index (κ3) is 23.5. The second-order valence-corrected chi connectivity index (χ2v) is 41.7. The van der Waals surface area contributed by atoms with E-state index in [4.69, 9.17) is 4.74 Å². The number of quaternary nitrogens is 4. The molecule has 0 radical (unpaired) electrons. The van der Waals surface area contributed by atoms with Crippen LogP contribution in [0.2, 0.25) is 0 Å². The molecule has 0 spiro atoms. The van der Waals surface area contributed by atoms with Gasteiger partial charge in [0.25, 0.3) is 0 Å². The molecule has 0 saturated carbocycles. The van der Waals surface area contributed by atoms with Crippen molar-refractivity contribution < 1.29 is 36.0 Å². The highest BCUT2D eigenvalue weighted by Crippen LogP contribution is 2.44. The van der Waals surface area contributed by atoms with E-state index in [2.05, 4.69) is 421 Å². The minimum atomic E-state index is -4.34. The summed E-state index contributed by atoms with van der Waals surface area (Å²) in [5.41, 5.74) is 33.0. The van der Waals surface area contributed by atoms with Gasteiger partial charge < -0.3 is 9.22 Å². The van der Waals surface area contributed by atoms with Gasteiger partial charge in [-0.3, -0.25) is 13.4 Å². The highest BCUT2D eigenvalue weighted by molar-refractivity contribution is 6.04. The molecule has 6 nitrogen and oxygen atoms in total. The van der Waals surface area contributed by atoms with E-state index in [1.165, 1.54) is 149 Å². The van der Waals surface area contributed by atoms with Gasteiger partial charge in [-0.1, -0.05) is 306 Å². The van der Waals surface area contributed by atoms with Crippen LogP contribution in [0.15, 0.2) is 431 Å². The van der Waals surface area contributed by atoms with Crippen LogP contribution in [0.5, 0.6) is 0 Å². The van der Waals surface area contributed by atoms with E-state index < -0.39 is 11.7 Å². The summed E-state index contributed by atoms with van der Waals surface area (Å²) in [6.07, 6.45) is -4.34. The van der Waals surface area contributed by atoms with Gasteiger partial charge in [0.2, 0.25) is 0 Å². The van der Waals surface area contributed by atoms with Crippen molar-refractivity contribution in [3.05, 3.63) is 465 Å². The molecular formula is C132H121F5N4O2+4. The molecule has 20 aromatic carbocycles. The third-order valence-electron chi connectivity index (χ3n) is 26.6. The van der Waals surface area contributed by atoms with Crippen LogP contribution in [0.25, 0.3) is 177 Å². The van der Waals surface area contributed by atoms with Gasteiger partial charge in [-0.25, -0.2) is 13.6 Å². The molecule has 11 heteroatoms. The van der Waals surface area contributed by atoms with Gasteiger partial charge >= 0.3 is 12.1 Å². The molecule has 0 aliphatic heterocycles. The molecule has 0 amide bonds. The standard InChI is InChI=1S/C37H30F2N.C32H27F3N.C32H36NO2.C31H28N/c1-40(2,3)35-8-4-6-27(24-35)28-14-19-37-29(20-28)7-5-9-36(37)32-22-30(25-10-15-33(38)16-11-25)21-31(23-32)26-12-17-34(39)18-13-26;1-36(2,3)29-11-5-8-24(21-29)25-15-18-31-27(20-25)10-6-12-30(31)26-9-4-7-23(19-26)22-13-16-28(17-14-22)32(33,34)35;1-32(2,3)27-15-11-22(12-16-27)29-10-8-9-23-19-24(13-18-30(23)29)28-17-14-25(31(34)35-7)20-26(28)21-33(4,5)6;1-32(2,3)29-19-16-25(17-20-29)27-18-21-31-28(22-27)10-7-11-30(31)26-14-12-24(13-15-26)23-8-5-4-6-9-23/h4-24H,1-3H3;4-21H,1-3H3;8-20H,21H2,1-7H3;4-22H,1-3H3/q4*+1. The fraction of sp³-hybridized carbons (Fsp3) is 0.144. The molecule has 0 aliphatic rings. The van der Waals surface area contributed by atoms with E-state index in [9.17, 15) is 26.7 Å². The summed E-state index contributed by atoms with van der Waals surface area (Å²) in [6.45, 7) is 7.53. The summed E-state index contributed by atoms with van der Waals surface area (Å²) in [4.78, 5) is 12.2. The third-order valence-corrected chi connectivity index (χ3v) is 26.6. The maximum Gasteiger partial charge on any atom is 0.416 e. The number of benzene rings is 20. The van der Waals surface area contributed by atoms with E-state index in [-0.39, 0.29) is 23.0 Å². The molecule has 0 aromatic heterocycles. The maximum atomic E-state index is 13.7. The van der Waals surface area contributed by atoms with Crippen molar-refractivity contribution in [3.8, 4) is 134 Å². The summed E-state index contributed by atoms with van der Waals surface area (Å²) in [6, 6.07) is 146. The van der Waals surface area contributed by atoms with Crippen LogP contribution in [0.4, 0.5) is 39.0 Å². The molecular weight excluding hydrogens is 1770 g/mol. The quantitative estimate of drug-likeness (QED) is 0.0486. The molecule has 143 heavy (non-hydrogen) atoms. The molecule has 0 unspecified atom stereocenters. The second-order valence-electron chi connectivity index (χ2n) is 41.7. The van der Waals surface area contributed by atoms with Crippen LogP contribution in [0, 0.1) is 11.6 Å². The Balaban J connectivity index is 0.000000131. The van der Waals surface area contributed by atoms with Crippen LogP contribution in [0.3, 0.4) is 0 Å². The van der Waals surface area contributed by atoms with Crippen LogP contribution in [0.1, 0.15) is 47.8 Å². The van der Waals surface area contributed by atoms with Gasteiger partial charge in [-0.2, -0.15) is 13.2 Å². The topological polar surface area (TPSA) is 26.3 Å². The fourth-order valence-electron chi connectivity index (χ4n) is 18.7. The number of nitrogens with zero attached hydrogens (tertiary/aromatic N) is 4. The molecule has 0 heterocycles. The lowest BCUT2D eigenvalue weighted by molar-refractivity contribution is -0.883. The van der Waals surface area contributed by atoms with Gasteiger partial charge in [0.15, 0.2) is 0 Å².